The van der Waals surface area contributed by atoms with Gasteiger partial charge < -0.3 is 14.0 Å². The minimum atomic E-state index is 0.0679. The molecule has 0 unspecified atom stereocenters. The normalized spacial score (nSPS) is 13.1. The van der Waals surface area contributed by atoms with E-state index in [1.807, 2.05) is 0 Å². The van der Waals surface area contributed by atoms with Gasteiger partial charge in [-0.05, 0) is 85.1 Å². The fourth-order valence-electron chi connectivity index (χ4n) is 6.34. The second kappa shape index (κ2) is 7.55. The zero-order valence-corrected chi connectivity index (χ0v) is 21.9. The summed E-state index contributed by atoms with van der Waals surface area (Å²) in [5.41, 5.74) is 11.9. The van der Waals surface area contributed by atoms with Crippen molar-refractivity contribution in [3.05, 3.63) is 107 Å². The molecule has 3 nitrogen and oxygen atoms in total. The fraction of sp³-hybridized carbons (Fsp3) is 0.118. The van der Waals surface area contributed by atoms with Crippen molar-refractivity contribution in [2.24, 2.45) is 0 Å². The summed E-state index contributed by atoms with van der Waals surface area (Å²) in [6.45, 7) is 8.73. The van der Waals surface area contributed by atoms with Gasteiger partial charge in [0.2, 0.25) is 0 Å². The molecule has 1 aromatic heterocycles. The number of ether oxygens (including phenoxy) is 2. The van der Waals surface area contributed by atoms with E-state index in [4.69, 9.17) is 9.47 Å². The molecule has 8 rings (SSSR count). The van der Waals surface area contributed by atoms with Gasteiger partial charge in [0.05, 0.1) is 16.7 Å². The number of benzene rings is 5. The Balaban J connectivity index is 1.44. The lowest BCUT2D eigenvalue weighted by Gasteiger charge is -2.34. The van der Waals surface area contributed by atoms with E-state index in [2.05, 4.69) is 117 Å². The lowest BCUT2D eigenvalue weighted by atomic mass is 9.34. The standard InChI is InChI=1S/C34H26BNO2/c1-19-13-26-30(15-21(19)3)37-32-17-23(36-28-11-7-5-9-24(28)25-10-6-8-12-29(25)36)18-33-34(32)35(26)27-14-20(2)22(4)16-31(27)38-33/h5-18H,1-4H3. The number of hydrogen-bond acceptors (Lipinski definition) is 2. The van der Waals surface area contributed by atoms with Gasteiger partial charge in [-0.1, -0.05) is 48.5 Å². The Kier molecular flexibility index (Phi) is 4.30. The van der Waals surface area contributed by atoms with E-state index in [9.17, 15) is 0 Å². The highest BCUT2D eigenvalue weighted by Crippen LogP contribution is 2.40. The second-order valence-corrected chi connectivity index (χ2v) is 10.8. The van der Waals surface area contributed by atoms with Crippen LogP contribution in [0, 0.1) is 27.7 Å². The van der Waals surface area contributed by atoms with Crippen molar-refractivity contribution in [2.75, 3.05) is 0 Å². The molecule has 0 amide bonds. The number of aryl methyl sites for hydroxylation is 4. The van der Waals surface area contributed by atoms with Crippen molar-refractivity contribution in [1.82, 2.24) is 4.57 Å². The zero-order valence-electron chi connectivity index (χ0n) is 21.9. The molecule has 2 aliphatic rings. The van der Waals surface area contributed by atoms with E-state index in [-0.39, 0.29) is 6.71 Å². The summed E-state index contributed by atoms with van der Waals surface area (Å²) >= 11 is 0. The van der Waals surface area contributed by atoms with Crippen LogP contribution in [0.1, 0.15) is 22.3 Å². The maximum atomic E-state index is 6.70. The van der Waals surface area contributed by atoms with E-state index in [0.29, 0.717) is 0 Å². The molecule has 0 saturated heterocycles. The minimum Gasteiger partial charge on any atom is -0.458 e. The molecule has 0 bridgehead atoms. The highest BCUT2D eigenvalue weighted by molar-refractivity contribution is 6.98. The molecular weight excluding hydrogens is 465 g/mol. The van der Waals surface area contributed by atoms with E-state index >= 15 is 0 Å². The maximum Gasteiger partial charge on any atom is 0.260 e. The van der Waals surface area contributed by atoms with Crippen molar-refractivity contribution in [2.45, 2.75) is 27.7 Å². The van der Waals surface area contributed by atoms with Gasteiger partial charge in [-0.25, -0.2) is 0 Å². The lowest BCUT2D eigenvalue weighted by Crippen LogP contribution is -2.57. The number of fused-ring (bicyclic) bond motifs is 7. The summed E-state index contributed by atoms with van der Waals surface area (Å²) in [6.07, 6.45) is 0. The number of nitrogens with zero attached hydrogens (tertiary/aromatic N) is 1. The summed E-state index contributed by atoms with van der Waals surface area (Å²) in [5, 5.41) is 2.48. The third-order valence-electron chi connectivity index (χ3n) is 8.53. The van der Waals surface area contributed by atoms with Gasteiger partial charge in [0.25, 0.3) is 6.71 Å². The van der Waals surface area contributed by atoms with Crippen LogP contribution in [-0.2, 0) is 0 Å². The largest absolute Gasteiger partial charge is 0.458 e. The Bertz CT molecular complexity index is 1850. The number of aromatic nitrogens is 1. The third-order valence-corrected chi connectivity index (χ3v) is 8.53. The molecule has 182 valence electrons. The second-order valence-electron chi connectivity index (χ2n) is 10.8. The minimum absolute atomic E-state index is 0.0679. The molecule has 4 heteroatoms. The first-order valence-electron chi connectivity index (χ1n) is 13.2. The summed E-state index contributed by atoms with van der Waals surface area (Å²) in [7, 11) is 0. The Morgan fingerprint density at radius 2 is 0.974 bits per heavy atom. The van der Waals surface area contributed by atoms with Gasteiger partial charge in [-0.3, -0.25) is 0 Å². The van der Waals surface area contributed by atoms with Crippen LogP contribution in [0.3, 0.4) is 0 Å². The maximum absolute atomic E-state index is 6.70. The van der Waals surface area contributed by atoms with Crippen LogP contribution in [0.5, 0.6) is 23.0 Å². The molecule has 0 atom stereocenters. The van der Waals surface area contributed by atoms with E-state index < -0.39 is 0 Å². The molecule has 0 spiro atoms. The van der Waals surface area contributed by atoms with E-state index in [1.165, 1.54) is 55.0 Å². The van der Waals surface area contributed by atoms with E-state index in [0.717, 1.165) is 34.1 Å². The average molecular weight is 491 g/mol. The van der Waals surface area contributed by atoms with Crippen LogP contribution in [0.25, 0.3) is 27.5 Å². The van der Waals surface area contributed by atoms with Crippen molar-refractivity contribution in [3.63, 3.8) is 0 Å². The van der Waals surface area contributed by atoms with Crippen LogP contribution in [0.4, 0.5) is 0 Å². The van der Waals surface area contributed by atoms with Gasteiger partial charge >= 0.3 is 0 Å². The van der Waals surface area contributed by atoms with Crippen LogP contribution >= 0.6 is 0 Å². The Labute approximate surface area is 222 Å². The van der Waals surface area contributed by atoms with Crippen molar-refractivity contribution >= 4 is 44.9 Å². The molecule has 38 heavy (non-hydrogen) atoms. The predicted molar refractivity (Wildman–Crippen MR) is 157 cm³/mol. The highest BCUT2D eigenvalue weighted by atomic mass is 16.5. The third kappa shape index (κ3) is 2.86. The first-order valence-corrected chi connectivity index (χ1v) is 13.2. The van der Waals surface area contributed by atoms with Gasteiger partial charge in [0, 0.05) is 28.4 Å². The topological polar surface area (TPSA) is 23.4 Å². The van der Waals surface area contributed by atoms with Crippen LogP contribution in [0.2, 0.25) is 0 Å². The van der Waals surface area contributed by atoms with E-state index in [1.54, 1.807) is 0 Å². The van der Waals surface area contributed by atoms with Crippen LogP contribution in [0.15, 0.2) is 84.9 Å². The SMILES string of the molecule is Cc1cc2c(cc1C)B1c3cc(C)c(C)cc3Oc3cc(-n4c5ccccc5c5ccccc54)cc(c31)O2. The van der Waals surface area contributed by atoms with Crippen LogP contribution in [-0.4, -0.2) is 11.3 Å². The lowest BCUT2D eigenvalue weighted by molar-refractivity contribution is 0.463. The molecule has 6 aromatic rings. The number of rotatable bonds is 1. The van der Waals surface area contributed by atoms with Crippen LogP contribution < -0.4 is 25.9 Å². The highest BCUT2D eigenvalue weighted by Gasteiger charge is 2.41. The van der Waals surface area contributed by atoms with Crippen molar-refractivity contribution in [3.8, 4) is 28.7 Å². The molecule has 0 saturated carbocycles. The summed E-state index contributed by atoms with van der Waals surface area (Å²) in [4.78, 5) is 0. The number of hydrogen-bond donors (Lipinski definition) is 0. The molecule has 0 aliphatic carbocycles. The van der Waals surface area contributed by atoms with Gasteiger partial charge in [0.15, 0.2) is 0 Å². The molecule has 0 radical (unpaired) electrons. The van der Waals surface area contributed by atoms with Gasteiger partial charge in [-0.2, -0.15) is 0 Å². The monoisotopic (exact) mass is 491 g/mol. The molecule has 5 aromatic carbocycles. The predicted octanol–water partition coefficient (Wildman–Crippen LogP) is 6.74. The molecule has 2 aliphatic heterocycles. The first-order chi connectivity index (χ1) is 18.5. The van der Waals surface area contributed by atoms with Gasteiger partial charge in [0.1, 0.15) is 23.0 Å². The first kappa shape index (κ1) is 21.6. The molecule has 0 fully saturated rings. The number of para-hydroxylation sites is 2. The molecular formula is C34H26BNO2. The quantitative estimate of drug-likeness (QED) is 0.237. The summed E-state index contributed by atoms with van der Waals surface area (Å²) in [5.74, 6) is 3.59. The molecule has 3 heterocycles. The summed E-state index contributed by atoms with van der Waals surface area (Å²) in [6, 6.07) is 30.6. The Hall–Kier alpha value is -4.44. The van der Waals surface area contributed by atoms with Crippen molar-refractivity contribution in [1.29, 1.82) is 0 Å². The van der Waals surface area contributed by atoms with Gasteiger partial charge in [-0.15, -0.1) is 0 Å². The Morgan fingerprint density at radius 3 is 1.47 bits per heavy atom. The average Bonchev–Trinajstić information content (AvgIpc) is 3.25. The smallest absolute Gasteiger partial charge is 0.260 e. The zero-order chi connectivity index (χ0) is 25.7. The summed E-state index contributed by atoms with van der Waals surface area (Å²) < 4.78 is 15.7. The Morgan fingerprint density at radius 1 is 0.526 bits per heavy atom. The van der Waals surface area contributed by atoms with Crippen molar-refractivity contribution < 1.29 is 9.47 Å². The molecule has 0 N–H and O–H groups in total. The fourth-order valence-corrected chi connectivity index (χ4v) is 6.34.